The Morgan fingerprint density at radius 3 is 2.76 bits per heavy atom. The van der Waals surface area contributed by atoms with Crippen molar-refractivity contribution in [3.05, 3.63) is 59.4 Å². The average Bonchev–Trinajstić information content (AvgIpc) is 2.72. The van der Waals surface area contributed by atoms with Crippen LogP contribution in [0.1, 0.15) is 18.1 Å². The number of methoxy groups -OCH3 is 1. The lowest BCUT2D eigenvalue weighted by Crippen LogP contribution is -2.42. The number of likely N-dealkylation sites (N-methyl/N-ethyl adjacent to an activating group) is 1. The molecule has 1 heterocycles. The van der Waals surface area contributed by atoms with E-state index in [1.165, 1.54) is 13.2 Å². The molecule has 1 atom stereocenters. The molecule has 0 bridgehead atoms. The van der Waals surface area contributed by atoms with E-state index in [1.54, 1.807) is 12.1 Å². The molecule has 0 aliphatic carbocycles. The molecule has 132 valence electrons. The van der Waals surface area contributed by atoms with Crippen LogP contribution in [0.15, 0.2) is 42.5 Å². The van der Waals surface area contributed by atoms with Gasteiger partial charge in [-0.25, -0.2) is 4.39 Å². The highest BCUT2D eigenvalue weighted by atomic mass is 19.1. The maximum Gasteiger partial charge on any atom is 0.227 e. The van der Waals surface area contributed by atoms with Crippen molar-refractivity contribution in [3.63, 3.8) is 0 Å². The van der Waals surface area contributed by atoms with Gasteiger partial charge < -0.3 is 14.5 Å². The van der Waals surface area contributed by atoms with E-state index >= 15 is 0 Å². The zero-order valence-electron chi connectivity index (χ0n) is 14.8. The van der Waals surface area contributed by atoms with Crippen molar-refractivity contribution in [2.45, 2.75) is 25.9 Å². The number of ether oxygens (including phenoxy) is 1. The smallest absolute Gasteiger partial charge is 0.227 e. The highest BCUT2D eigenvalue weighted by molar-refractivity contribution is 5.79. The summed E-state index contributed by atoms with van der Waals surface area (Å²) >= 11 is 0. The van der Waals surface area contributed by atoms with Gasteiger partial charge in [0.25, 0.3) is 0 Å². The van der Waals surface area contributed by atoms with Gasteiger partial charge in [0.1, 0.15) is 0 Å². The number of carbonyl (C=O) groups is 1. The third kappa shape index (κ3) is 3.60. The van der Waals surface area contributed by atoms with Crippen molar-refractivity contribution in [3.8, 4) is 5.75 Å². The van der Waals surface area contributed by atoms with E-state index in [0.29, 0.717) is 12.1 Å². The van der Waals surface area contributed by atoms with Crippen LogP contribution < -0.4 is 9.64 Å². The molecule has 0 N–H and O–H groups in total. The molecule has 1 aliphatic heterocycles. The summed E-state index contributed by atoms with van der Waals surface area (Å²) in [5, 5.41) is 0. The minimum atomic E-state index is -0.443. The van der Waals surface area contributed by atoms with Gasteiger partial charge >= 0.3 is 0 Å². The zero-order chi connectivity index (χ0) is 18.0. The molecule has 0 saturated carbocycles. The molecule has 1 amide bonds. The summed E-state index contributed by atoms with van der Waals surface area (Å²) < 4.78 is 18.8. The van der Waals surface area contributed by atoms with E-state index in [1.807, 2.05) is 24.1 Å². The highest BCUT2D eigenvalue weighted by Crippen LogP contribution is 2.26. The number of hydrogen-bond donors (Lipinski definition) is 0. The number of para-hydroxylation sites is 1. The van der Waals surface area contributed by atoms with Crippen molar-refractivity contribution < 1.29 is 13.9 Å². The number of nitrogens with zero attached hydrogens (tertiary/aromatic N) is 2. The van der Waals surface area contributed by atoms with Crippen LogP contribution in [0.3, 0.4) is 0 Å². The quantitative estimate of drug-likeness (QED) is 0.858. The maximum absolute atomic E-state index is 13.9. The topological polar surface area (TPSA) is 32.8 Å². The standard InChI is InChI=1S/C20H23FN2O2/c1-14-12-22(2)18-7-5-4-6-16(18)13-23(14)20(24)11-15-8-9-19(25-3)17(21)10-15/h4-10,14H,11-13H2,1-3H3. The summed E-state index contributed by atoms with van der Waals surface area (Å²) in [4.78, 5) is 16.9. The Hall–Kier alpha value is -2.56. The van der Waals surface area contributed by atoms with Gasteiger partial charge in [-0.05, 0) is 36.2 Å². The Morgan fingerprint density at radius 2 is 2.04 bits per heavy atom. The molecule has 25 heavy (non-hydrogen) atoms. The van der Waals surface area contributed by atoms with Crippen LogP contribution in [0.4, 0.5) is 10.1 Å². The van der Waals surface area contributed by atoms with E-state index in [9.17, 15) is 9.18 Å². The fraction of sp³-hybridized carbons (Fsp3) is 0.350. The molecular weight excluding hydrogens is 319 g/mol. The number of amides is 1. The van der Waals surface area contributed by atoms with E-state index in [4.69, 9.17) is 4.74 Å². The molecule has 0 spiro atoms. The van der Waals surface area contributed by atoms with Crippen LogP contribution in [0.25, 0.3) is 0 Å². The summed E-state index contributed by atoms with van der Waals surface area (Å²) in [5.41, 5.74) is 2.94. The Kier molecular flexibility index (Phi) is 4.93. The highest BCUT2D eigenvalue weighted by Gasteiger charge is 2.26. The van der Waals surface area contributed by atoms with Crippen LogP contribution in [0, 0.1) is 5.82 Å². The largest absolute Gasteiger partial charge is 0.494 e. The first-order chi connectivity index (χ1) is 12.0. The fourth-order valence-corrected chi connectivity index (χ4v) is 3.38. The minimum Gasteiger partial charge on any atom is -0.494 e. The second-order valence-corrected chi connectivity index (χ2v) is 6.53. The monoisotopic (exact) mass is 342 g/mol. The Balaban J connectivity index is 1.80. The third-order valence-corrected chi connectivity index (χ3v) is 4.71. The van der Waals surface area contributed by atoms with Crippen LogP contribution in [-0.4, -0.2) is 37.6 Å². The molecule has 2 aromatic carbocycles. The van der Waals surface area contributed by atoms with Crippen molar-refractivity contribution in [2.75, 3.05) is 25.6 Å². The van der Waals surface area contributed by atoms with Crippen LogP contribution in [-0.2, 0) is 17.8 Å². The zero-order valence-corrected chi connectivity index (χ0v) is 14.8. The lowest BCUT2D eigenvalue weighted by atomic mass is 10.1. The van der Waals surface area contributed by atoms with Crippen LogP contribution in [0.2, 0.25) is 0 Å². The molecule has 1 unspecified atom stereocenters. The molecule has 3 rings (SSSR count). The van der Waals surface area contributed by atoms with Gasteiger partial charge in [-0.3, -0.25) is 4.79 Å². The van der Waals surface area contributed by atoms with Crippen molar-refractivity contribution in [1.82, 2.24) is 4.90 Å². The molecular formula is C20H23FN2O2. The van der Waals surface area contributed by atoms with Gasteiger partial charge in [0.15, 0.2) is 11.6 Å². The fourth-order valence-electron chi connectivity index (χ4n) is 3.38. The Morgan fingerprint density at radius 1 is 1.28 bits per heavy atom. The normalized spacial score (nSPS) is 17.0. The predicted molar refractivity (Wildman–Crippen MR) is 96.4 cm³/mol. The summed E-state index contributed by atoms with van der Waals surface area (Å²) in [6.45, 7) is 3.38. The SMILES string of the molecule is COc1ccc(CC(=O)N2Cc3ccccc3N(C)CC2C)cc1F. The van der Waals surface area contributed by atoms with Crippen LogP contribution >= 0.6 is 0 Å². The number of halogens is 1. The molecule has 2 aromatic rings. The van der Waals surface area contributed by atoms with Gasteiger partial charge in [0.05, 0.1) is 13.5 Å². The lowest BCUT2D eigenvalue weighted by molar-refractivity contribution is -0.132. The Bertz CT molecular complexity index is 778. The first-order valence-electron chi connectivity index (χ1n) is 8.40. The lowest BCUT2D eigenvalue weighted by Gasteiger charge is -2.28. The second-order valence-electron chi connectivity index (χ2n) is 6.53. The van der Waals surface area contributed by atoms with Crippen molar-refractivity contribution >= 4 is 11.6 Å². The number of carbonyl (C=O) groups excluding carboxylic acids is 1. The van der Waals surface area contributed by atoms with Crippen LogP contribution in [0.5, 0.6) is 5.75 Å². The molecule has 1 aliphatic rings. The number of fused-ring (bicyclic) bond motifs is 1. The van der Waals surface area contributed by atoms with Gasteiger partial charge in [0, 0.05) is 31.9 Å². The van der Waals surface area contributed by atoms with Crippen molar-refractivity contribution in [1.29, 1.82) is 0 Å². The average molecular weight is 342 g/mol. The second kappa shape index (κ2) is 7.13. The first kappa shape index (κ1) is 17.3. The molecule has 5 heteroatoms. The van der Waals surface area contributed by atoms with Gasteiger partial charge in [0.2, 0.25) is 5.91 Å². The predicted octanol–water partition coefficient (Wildman–Crippen LogP) is 3.24. The van der Waals surface area contributed by atoms with E-state index in [0.717, 1.165) is 17.8 Å². The minimum absolute atomic E-state index is 0.00201. The number of anilines is 1. The third-order valence-electron chi connectivity index (χ3n) is 4.71. The molecule has 0 saturated heterocycles. The first-order valence-corrected chi connectivity index (χ1v) is 8.40. The Labute approximate surface area is 147 Å². The summed E-state index contributed by atoms with van der Waals surface area (Å²) in [5.74, 6) is -0.251. The molecule has 0 radical (unpaired) electrons. The van der Waals surface area contributed by atoms with Crippen molar-refractivity contribution in [2.24, 2.45) is 0 Å². The van der Waals surface area contributed by atoms with Gasteiger partial charge in [-0.2, -0.15) is 0 Å². The van der Waals surface area contributed by atoms with Gasteiger partial charge in [-0.1, -0.05) is 24.3 Å². The number of rotatable bonds is 3. The van der Waals surface area contributed by atoms with E-state index in [2.05, 4.69) is 24.0 Å². The molecule has 0 fully saturated rings. The summed E-state index contributed by atoms with van der Waals surface area (Å²) in [7, 11) is 3.47. The van der Waals surface area contributed by atoms with E-state index < -0.39 is 5.82 Å². The summed E-state index contributed by atoms with van der Waals surface area (Å²) in [6.07, 6.45) is 0.178. The maximum atomic E-state index is 13.9. The summed E-state index contributed by atoms with van der Waals surface area (Å²) in [6, 6.07) is 12.9. The van der Waals surface area contributed by atoms with E-state index in [-0.39, 0.29) is 24.1 Å². The number of hydrogen-bond acceptors (Lipinski definition) is 3. The number of benzene rings is 2. The molecule has 0 aromatic heterocycles. The van der Waals surface area contributed by atoms with Gasteiger partial charge in [-0.15, -0.1) is 0 Å². The molecule has 4 nitrogen and oxygen atoms in total.